The van der Waals surface area contributed by atoms with E-state index in [2.05, 4.69) is 32.3 Å². The Morgan fingerprint density at radius 3 is 2.75 bits per heavy atom. The number of nitrogens with zero attached hydrogens (tertiary/aromatic N) is 2. The zero-order valence-electron chi connectivity index (χ0n) is 20.2. The molecule has 0 spiro atoms. The minimum atomic E-state index is -4.39. The van der Waals surface area contributed by atoms with Crippen molar-refractivity contribution >= 4 is 16.9 Å². The van der Waals surface area contributed by atoms with E-state index >= 15 is 0 Å². The molecule has 3 aromatic rings. The summed E-state index contributed by atoms with van der Waals surface area (Å²) in [6.45, 7) is 3.18. The van der Waals surface area contributed by atoms with Gasteiger partial charge in [-0.25, -0.2) is 4.98 Å². The van der Waals surface area contributed by atoms with Crippen LogP contribution in [-0.4, -0.2) is 39.9 Å². The number of hydrogen-bond acceptors (Lipinski definition) is 3. The second kappa shape index (κ2) is 9.21. The number of benzene rings is 2. The first-order valence-electron chi connectivity index (χ1n) is 13.0. The van der Waals surface area contributed by atoms with Gasteiger partial charge in [-0.2, -0.15) is 13.2 Å². The molecule has 0 saturated heterocycles. The van der Waals surface area contributed by atoms with Gasteiger partial charge >= 0.3 is 6.18 Å². The third-order valence-electron chi connectivity index (χ3n) is 8.00. The zero-order valence-corrected chi connectivity index (χ0v) is 20.2. The van der Waals surface area contributed by atoms with Crippen LogP contribution in [0, 0.1) is 5.92 Å². The molecule has 1 aromatic heterocycles. The average molecular weight is 497 g/mol. The summed E-state index contributed by atoms with van der Waals surface area (Å²) in [7, 11) is 0. The summed E-state index contributed by atoms with van der Waals surface area (Å²) in [5.41, 5.74) is 3.55. The number of H-pyrrole nitrogens is 1. The predicted molar refractivity (Wildman–Crippen MR) is 132 cm³/mol. The summed E-state index contributed by atoms with van der Waals surface area (Å²) < 4.78 is 39.2. The molecule has 2 atom stereocenters. The fraction of sp³-hybridized carbons (Fsp3) is 0.500. The van der Waals surface area contributed by atoms with Crippen LogP contribution in [0.4, 0.5) is 13.2 Å². The van der Waals surface area contributed by atoms with Crippen molar-refractivity contribution in [1.29, 1.82) is 0 Å². The van der Waals surface area contributed by atoms with Crippen molar-refractivity contribution < 1.29 is 18.0 Å². The van der Waals surface area contributed by atoms with Crippen molar-refractivity contribution in [3.63, 3.8) is 0 Å². The number of amides is 1. The molecule has 1 aliphatic heterocycles. The lowest BCUT2D eigenvalue weighted by Crippen LogP contribution is -2.38. The van der Waals surface area contributed by atoms with Crippen molar-refractivity contribution in [2.75, 3.05) is 13.1 Å². The van der Waals surface area contributed by atoms with Crippen LogP contribution in [0.5, 0.6) is 0 Å². The highest BCUT2D eigenvalue weighted by Gasteiger charge is 2.32. The van der Waals surface area contributed by atoms with Crippen LogP contribution >= 0.6 is 0 Å². The van der Waals surface area contributed by atoms with Crippen molar-refractivity contribution in [1.82, 2.24) is 20.2 Å². The van der Waals surface area contributed by atoms with Gasteiger partial charge in [0.05, 0.1) is 16.6 Å². The molecule has 190 valence electrons. The van der Waals surface area contributed by atoms with Gasteiger partial charge in [0.2, 0.25) is 0 Å². The minimum Gasteiger partial charge on any atom is -0.349 e. The lowest BCUT2D eigenvalue weighted by Gasteiger charge is -2.30. The quantitative estimate of drug-likeness (QED) is 0.469. The summed E-state index contributed by atoms with van der Waals surface area (Å²) in [5, 5.41) is 3.21. The van der Waals surface area contributed by atoms with Gasteiger partial charge in [0.25, 0.3) is 5.91 Å². The molecular weight excluding hydrogens is 465 g/mol. The van der Waals surface area contributed by atoms with Crippen LogP contribution in [0.15, 0.2) is 36.4 Å². The second-order valence-corrected chi connectivity index (χ2v) is 10.8. The minimum absolute atomic E-state index is 0.0117. The monoisotopic (exact) mass is 496 g/mol. The molecule has 36 heavy (non-hydrogen) atoms. The van der Waals surface area contributed by atoms with Gasteiger partial charge < -0.3 is 10.3 Å². The smallest absolute Gasteiger partial charge is 0.349 e. The fourth-order valence-electron chi connectivity index (χ4n) is 5.81. The maximum Gasteiger partial charge on any atom is 0.416 e. The summed E-state index contributed by atoms with van der Waals surface area (Å²) in [4.78, 5) is 23.3. The molecule has 0 radical (unpaired) electrons. The highest BCUT2D eigenvalue weighted by Crippen LogP contribution is 2.35. The van der Waals surface area contributed by atoms with Crippen LogP contribution in [0.1, 0.15) is 77.3 Å². The number of carbonyl (C=O) groups is 1. The molecule has 2 aromatic carbocycles. The molecular formula is C28H31F3N4O. The summed E-state index contributed by atoms with van der Waals surface area (Å²) >= 11 is 0. The molecule has 3 aliphatic rings. The first kappa shape index (κ1) is 23.5. The van der Waals surface area contributed by atoms with Crippen molar-refractivity contribution in [2.24, 2.45) is 5.92 Å². The van der Waals surface area contributed by atoms with E-state index in [0.29, 0.717) is 22.4 Å². The van der Waals surface area contributed by atoms with Crippen LogP contribution in [0.2, 0.25) is 0 Å². The standard InChI is InChI=1S/C28H31F3N4O/c29-28(30,31)22-8-9-24-25(14-22)34-26(33-24)19-2-1-3-23(13-19)32-27(36)20-7-6-18-10-11-35(15-17-4-5-17)16-21(18)12-20/h6-9,12,14,17,19,23H,1-5,10-11,13,15-16H2,(H,32,36)(H,33,34)/t19-,23+/m0/s1. The highest BCUT2D eigenvalue weighted by molar-refractivity contribution is 5.94. The number of nitrogens with one attached hydrogen (secondary N) is 2. The van der Waals surface area contributed by atoms with E-state index in [1.54, 1.807) is 0 Å². The number of hydrogen-bond donors (Lipinski definition) is 2. The Bertz CT molecular complexity index is 1280. The topological polar surface area (TPSA) is 61.0 Å². The van der Waals surface area contributed by atoms with Gasteiger partial charge in [-0.3, -0.25) is 9.69 Å². The van der Waals surface area contributed by atoms with E-state index in [1.165, 1.54) is 36.6 Å². The number of aromatic nitrogens is 2. The van der Waals surface area contributed by atoms with Crippen LogP contribution in [0.25, 0.3) is 11.0 Å². The van der Waals surface area contributed by atoms with E-state index < -0.39 is 11.7 Å². The molecule has 2 saturated carbocycles. The van der Waals surface area contributed by atoms with E-state index in [1.807, 2.05) is 6.07 Å². The van der Waals surface area contributed by atoms with Crippen molar-refractivity contribution in [2.45, 2.75) is 69.6 Å². The molecule has 2 fully saturated rings. The summed E-state index contributed by atoms with van der Waals surface area (Å²) in [6, 6.07) is 9.73. The van der Waals surface area contributed by atoms with Crippen molar-refractivity contribution in [3.05, 3.63) is 64.5 Å². The number of carbonyl (C=O) groups excluding carboxylic acids is 1. The Balaban J connectivity index is 1.12. The van der Waals surface area contributed by atoms with E-state index in [0.717, 1.165) is 63.2 Å². The van der Waals surface area contributed by atoms with Gasteiger partial charge in [-0.15, -0.1) is 0 Å². The lowest BCUT2D eigenvalue weighted by molar-refractivity contribution is -0.137. The number of halogens is 3. The van der Waals surface area contributed by atoms with Crippen LogP contribution < -0.4 is 5.32 Å². The van der Waals surface area contributed by atoms with Gasteiger partial charge in [0.1, 0.15) is 5.82 Å². The highest BCUT2D eigenvalue weighted by atomic mass is 19.4. The number of alkyl halides is 3. The largest absolute Gasteiger partial charge is 0.416 e. The Labute approximate surface area is 208 Å². The Morgan fingerprint density at radius 2 is 1.94 bits per heavy atom. The first-order valence-corrected chi connectivity index (χ1v) is 13.0. The van der Waals surface area contributed by atoms with Crippen LogP contribution in [0.3, 0.4) is 0 Å². The van der Waals surface area contributed by atoms with Crippen LogP contribution in [-0.2, 0) is 19.1 Å². The molecule has 6 rings (SSSR count). The number of rotatable bonds is 5. The zero-order chi connectivity index (χ0) is 24.9. The average Bonchev–Trinajstić information content (AvgIpc) is 3.57. The Morgan fingerprint density at radius 1 is 1.08 bits per heavy atom. The number of fused-ring (bicyclic) bond motifs is 2. The molecule has 2 heterocycles. The van der Waals surface area contributed by atoms with Gasteiger partial charge in [0, 0.05) is 37.2 Å². The number of imidazole rings is 1. The lowest BCUT2D eigenvalue weighted by atomic mass is 9.85. The van der Waals surface area contributed by atoms with E-state index in [9.17, 15) is 18.0 Å². The predicted octanol–water partition coefficient (Wildman–Crippen LogP) is 5.81. The summed E-state index contributed by atoms with van der Waals surface area (Å²) in [5.74, 6) is 1.58. The molecule has 8 heteroatoms. The molecule has 5 nitrogen and oxygen atoms in total. The third-order valence-corrected chi connectivity index (χ3v) is 8.00. The van der Waals surface area contributed by atoms with Gasteiger partial charge in [-0.05, 0) is 85.9 Å². The molecule has 0 bridgehead atoms. The van der Waals surface area contributed by atoms with Gasteiger partial charge in [0.15, 0.2) is 0 Å². The second-order valence-electron chi connectivity index (χ2n) is 10.8. The third kappa shape index (κ3) is 5.01. The van der Waals surface area contributed by atoms with Crippen molar-refractivity contribution in [3.8, 4) is 0 Å². The maximum absolute atomic E-state index is 13.1. The maximum atomic E-state index is 13.1. The molecule has 0 unspecified atom stereocenters. The first-order chi connectivity index (χ1) is 17.3. The molecule has 2 N–H and O–H groups in total. The van der Waals surface area contributed by atoms with E-state index in [4.69, 9.17) is 0 Å². The van der Waals surface area contributed by atoms with Gasteiger partial charge in [-0.1, -0.05) is 12.5 Å². The Hall–Kier alpha value is -2.87. The Kier molecular flexibility index (Phi) is 6.02. The SMILES string of the molecule is O=C(N[C@@H]1CCC[C@H](c2nc3cc(C(F)(F)F)ccc3[nH]2)C1)c1ccc2c(c1)CN(CC1CC1)CC2. The number of aromatic amines is 1. The molecule has 1 amide bonds. The normalized spacial score (nSPS) is 23.0. The van der Waals surface area contributed by atoms with E-state index in [-0.39, 0.29) is 17.9 Å². The molecule has 2 aliphatic carbocycles. The summed E-state index contributed by atoms with van der Waals surface area (Å²) in [6.07, 6.45) is 2.77. The fourth-order valence-corrected chi connectivity index (χ4v) is 5.81.